The molecule has 4 rings (SSSR count). The minimum absolute atomic E-state index is 0.214. The van der Waals surface area contributed by atoms with Gasteiger partial charge < -0.3 is 25.6 Å². The standard InChI is InChI=1S/C29H34N4O5/c34-17-8-7-14-22-26(35)31-23(18-20-10-3-1-4-11-20)27(36)32-24(19-21-12-5-2-6-13-21)29(38)33-16-9-15-25(33)28(37)30-22/h1-6,10-13,17,22-25H,7-9,14-16,18-19H2,(H,30,37)(H,31,35)(H,32,36)/t22?,23?,24-,25+/m0/s1. The van der Waals surface area contributed by atoms with Crippen LogP contribution in [0, 0.1) is 0 Å². The van der Waals surface area contributed by atoms with Crippen LogP contribution in [0.15, 0.2) is 60.7 Å². The van der Waals surface area contributed by atoms with E-state index >= 15 is 0 Å². The summed E-state index contributed by atoms with van der Waals surface area (Å²) in [6.07, 6.45) is 3.27. The zero-order valence-corrected chi connectivity index (χ0v) is 21.3. The Morgan fingerprint density at radius 3 is 1.92 bits per heavy atom. The highest BCUT2D eigenvalue weighted by Crippen LogP contribution is 2.21. The molecule has 38 heavy (non-hydrogen) atoms. The summed E-state index contributed by atoms with van der Waals surface area (Å²) < 4.78 is 0. The second kappa shape index (κ2) is 13.0. The van der Waals surface area contributed by atoms with E-state index in [-0.39, 0.29) is 31.6 Å². The summed E-state index contributed by atoms with van der Waals surface area (Å²) in [6, 6.07) is 15.2. The Morgan fingerprint density at radius 2 is 1.29 bits per heavy atom. The smallest absolute Gasteiger partial charge is 0.246 e. The van der Waals surface area contributed by atoms with Crippen molar-refractivity contribution in [2.75, 3.05) is 6.54 Å². The summed E-state index contributed by atoms with van der Waals surface area (Å²) in [5.41, 5.74) is 1.71. The van der Waals surface area contributed by atoms with Gasteiger partial charge in [0.05, 0.1) is 0 Å². The lowest BCUT2D eigenvalue weighted by molar-refractivity contribution is -0.143. The van der Waals surface area contributed by atoms with Gasteiger partial charge in [0.15, 0.2) is 0 Å². The summed E-state index contributed by atoms with van der Waals surface area (Å²) in [5, 5.41) is 8.51. The Morgan fingerprint density at radius 1 is 0.737 bits per heavy atom. The number of amides is 4. The topological polar surface area (TPSA) is 125 Å². The van der Waals surface area contributed by atoms with Crippen LogP contribution in [-0.4, -0.2) is 65.5 Å². The van der Waals surface area contributed by atoms with E-state index in [9.17, 15) is 24.0 Å². The number of unbranched alkanes of at least 4 members (excludes halogenated alkanes) is 1. The molecular formula is C29H34N4O5. The molecule has 2 aromatic carbocycles. The first-order chi connectivity index (χ1) is 18.5. The van der Waals surface area contributed by atoms with E-state index in [2.05, 4.69) is 16.0 Å². The van der Waals surface area contributed by atoms with E-state index in [4.69, 9.17) is 0 Å². The number of fused-ring (bicyclic) bond motifs is 1. The van der Waals surface area contributed by atoms with Gasteiger partial charge in [0.2, 0.25) is 23.6 Å². The Bertz CT molecular complexity index is 1140. The largest absolute Gasteiger partial charge is 0.343 e. The van der Waals surface area contributed by atoms with Crippen molar-refractivity contribution in [3.05, 3.63) is 71.8 Å². The number of carbonyl (C=O) groups is 5. The van der Waals surface area contributed by atoms with Crippen molar-refractivity contribution in [2.24, 2.45) is 0 Å². The number of rotatable bonds is 8. The predicted molar refractivity (Wildman–Crippen MR) is 141 cm³/mol. The van der Waals surface area contributed by atoms with Gasteiger partial charge in [-0.3, -0.25) is 19.2 Å². The van der Waals surface area contributed by atoms with Gasteiger partial charge in [0.25, 0.3) is 0 Å². The molecule has 0 radical (unpaired) electrons. The van der Waals surface area contributed by atoms with Crippen LogP contribution in [0.5, 0.6) is 0 Å². The third-order valence-corrected chi connectivity index (χ3v) is 7.10. The van der Waals surface area contributed by atoms with E-state index in [1.807, 2.05) is 60.7 Å². The highest BCUT2D eigenvalue weighted by Gasteiger charge is 2.40. The van der Waals surface area contributed by atoms with Crippen LogP contribution in [0.2, 0.25) is 0 Å². The maximum absolute atomic E-state index is 13.8. The minimum Gasteiger partial charge on any atom is -0.343 e. The van der Waals surface area contributed by atoms with Crippen molar-refractivity contribution in [3.8, 4) is 0 Å². The molecule has 2 heterocycles. The summed E-state index contributed by atoms with van der Waals surface area (Å²) in [7, 11) is 0. The van der Waals surface area contributed by atoms with Gasteiger partial charge in [0.1, 0.15) is 30.5 Å². The Balaban J connectivity index is 1.66. The molecule has 0 bridgehead atoms. The highest BCUT2D eigenvalue weighted by molar-refractivity contribution is 5.98. The normalized spacial score (nSPS) is 24.4. The van der Waals surface area contributed by atoms with Gasteiger partial charge in [-0.25, -0.2) is 0 Å². The molecule has 0 saturated carbocycles. The average molecular weight is 519 g/mol. The summed E-state index contributed by atoms with van der Waals surface area (Å²) in [6.45, 7) is 0.396. The fourth-order valence-corrected chi connectivity index (χ4v) is 5.10. The van der Waals surface area contributed by atoms with E-state index < -0.39 is 41.9 Å². The van der Waals surface area contributed by atoms with E-state index in [1.165, 1.54) is 4.90 Å². The number of benzene rings is 2. The lowest BCUT2D eigenvalue weighted by Gasteiger charge is -2.32. The van der Waals surface area contributed by atoms with Crippen molar-refractivity contribution in [1.29, 1.82) is 0 Å². The number of carbonyl (C=O) groups excluding carboxylic acids is 5. The van der Waals surface area contributed by atoms with Gasteiger partial charge >= 0.3 is 0 Å². The molecular weight excluding hydrogens is 484 g/mol. The summed E-state index contributed by atoms with van der Waals surface area (Å²) in [4.78, 5) is 66.4. The second-order valence-electron chi connectivity index (χ2n) is 9.85. The molecule has 0 aromatic heterocycles. The fraction of sp³-hybridized carbons (Fsp3) is 0.414. The van der Waals surface area contributed by atoms with Crippen LogP contribution in [0.4, 0.5) is 0 Å². The predicted octanol–water partition coefficient (Wildman–Crippen LogP) is 1.30. The molecule has 4 atom stereocenters. The highest BCUT2D eigenvalue weighted by atomic mass is 16.2. The molecule has 200 valence electrons. The summed E-state index contributed by atoms with van der Waals surface area (Å²) in [5.74, 6) is -1.67. The lowest BCUT2D eigenvalue weighted by atomic mass is 10.0. The fourth-order valence-electron chi connectivity index (χ4n) is 5.10. The molecule has 3 N–H and O–H groups in total. The van der Waals surface area contributed by atoms with E-state index in [1.54, 1.807) is 0 Å². The molecule has 9 heteroatoms. The van der Waals surface area contributed by atoms with Crippen LogP contribution in [-0.2, 0) is 36.8 Å². The quantitative estimate of drug-likeness (QED) is 0.359. The van der Waals surface area contributed by atoms with Gasteiger partial charge in [-0.1, -0.05) is 60.7 Å². The van der Waals surface area contributed by atoms with Crippen LogP contribution >= 0.6 is 0 Å². The lowest BCUT2D eigenvalue weighted by Crippen LogP contribution is -2.61. The average Bonchev–Trinajstić information content (AvgIpc) is 3.42. The Labute approximate surface area is 222 Å². The van der Waals surface area contributed by atoms with Crippen molar-refractivity contribution in [2.45, 2.75) is 69.1 Å². The zero-order chi connectivity index (χ0) is 26.9. The Hall–Kier alpha value is -4.01. The minimum atomic E-state index is -0.963. The number of nitrogens with zero attached hydrogens (tertiary/aromatic N) is 1. The van der Waals surface area contributed by atoms with Crippen molar-refractivity contribution < 1.29 is 24.0 Å². The van der Waals surface area contributed by atoms with Crippen LogP contribution in [0.3, 0.4) is 0 Å². The first-order valence-corrected chi connectivity index (χ1v) is 13.2. The van der Waals surface area contributed by atoms with Gasteiger partial charge in [-0.15, -0.1) is 0 Å². The molecule has 2 unspecified atom stereocenters. The van der Waals surface area contributed by atoms with Crippen molar-refractivity contribution >= 4 is 29.9 Å². The van der Waals surface area contributed by atoms with Crippen LogP contribution in [0.1, 0.15) is 43.2 Å². The molecule has 0 aliphatic carbocycles. The summed E-state index contributed by atoms with van der Waals surface area (Å²) >= 11 is 0. The zero-order valence-electron chi connectivity index (χ0n) is 21.3. The first kappa shape index (κ1) is 27.0. The third kappa shape index (κ3) is 6.85. The number of aldehydes is 1. The molecule has 2 aromatic rings. The molecule has 2 saturated heterocycles. The number of nitrogens with one attached hydrogen (secondary N) is 3. The van der Waals surface area contributed by atoms with Crippen LogP contribution in [0.25, 0.3) is 0 Å². The first-order valence-electron chi connectivity index (χ1n) is 13.2. The van der Waals surface area contributed by atoms with Crippen molar-refractivity contribution in [1.82, 2.24) is 20.9 Å². The number of hydrogen-bond acceptors (Lipinski definition) is 5. The monoisotopic (exact) mass is 518 g/mol. The number of hydrogen-bond donors (Lipinski definition) is 3. The molecule has 2 aliphatic heterocycles. The Kier molecular flexibility index (Phi) is 9.24. The maximum atomic E-state index is 13.8. The molecule has 2 aliphatic rings. The van der Waals surface area contributed by atoms with Crippen molar-refractivity contribution in [3.63, 3.8) is 0 Å². The molecule has 0 spiro atoms. The SMILES string of the molecule is O=CCCCC1NC(=O)[C@H]2CCCN2C(=O)[C@H](Cc2ccccc2)NC(=O)C(Cc2ccccc2)NC1=O. The van der Waals surface area contributed by atoms with Crippen LogP contribution < -0.4 is 16.0 Å². The molecule has 9 nitrogen and oxygen atoms in total. The van der Waals surface area contributed by atoms with Gasteiger partial charge in [0, 0.05) is 25.8 Å². The van der Waals surface area contributed by atoms with E-state index in [0.717, 1.165) is 17.4 Å². The second-order valence-corrected chi connectivity index (χ2v) is 9.85. The molecule has 4 amide bonds. The van der Waals surface area contributed by atoms with Gasteiger partial charge in [-0.05, 0) is 36.8 Å². The maximum Gasteiger partial charge on any atom is 0.246 e. The molecule has 2 fully saturated rings. The third-order valence-electron chi connectivity index (χ3n) is 7.10. The van der Waals surface area contributed by atoms with E-state index in [0.29, 0.717) is 25.8 Å². The van der Waals surface area contributed by atoms with Gasteiger partial charge in [-0.2, -0.15) is 0 Å².